The zero-order valence-corrected chi connectivity index (χ0v) is 12.9. The van der Waals surface area contributed by atoms with Gasteiger partial charge in [0.2, 0.25) is 0 Å². The summed E-state index contributed by atoms with van der Waals surface area (Å²) in [5, 5.41) is 3.29. The van der Waals surface area contributed by atoms with Gasteiger partial charge in [-0.2, -0.15) is 0 Å². The van der Waals surface area contributed by atoms with Gasteiger partial charge in [0.1, 0.15) is 0 Å². The van der Waals surface area contributed by atoms with Gasteiger partial charge in [-0.05, 0) is 38.1 Å². The minimum absolute atomic E-state index is 0.310. The quantitative estimate of drug-likeness (QED) is 0.808. The van der Waals surface area contributed by atoms with Crippen LogP contribution in [0.1, 0.15) is 31.9 Å². The first kappa shape index (κ1) is 15.1. The van der Waals surface area contributed by atoms with Crippen LogP contribution in [0.4, 0.5) is 5.69 Å². The van der Waals surface area contributed by atoms with Crippen molar-refractivity contribution in [3.63, 3.8) is 0 Å². The Morgan fingerprint density at radius 1 is 1.50 bits per heavy atom. The Bertz CT molecular complexity index is 423. The molecule has 0 saturated heterocycles. The van der Waals surface area contributed by atoms with Crippen LogP contribution in [0.3, 0.4) is 0 Å². The number of nitrogens with one attached hydrogen (secondary N) is 1. The van der Waals surface area contributed by atoms with Crippen molar-refractivity contribution >= 4 is 21.6 Å². The van der Waals surface area contributed by atoms with Gasteiger partial charge in [0.05, 0.1) is 6.54 Å². The maximum atomic E-state index is 5.47. The van der Waals surface area contributed by atoms with Crippen LogP contribution in [0.25, 0.3) is 0 Å². The Labute approximate surface area is 119 Å². The van der Waals surface area contributed by atoms with Crippen molar-refractivity contribution in [3.05, 3.63) is 28.2 Å². The van der Waals surface area contributed by atoms with E-state index in [0.717, 1.165) is 17.4 Å². The van der Waals surface area contributed by atoms with Crippen molar-refractivity contribution < 1.29 is 0 Å². The number of terminal acetylenes is 1. The maximum Gasteiger partial charge on any atom is 0.0791 e. The second-order valence-electron chi connectivity index (χ2n) is 4.34. The van der Waals surface area contributed by atoms with E-state index in [1.807, 2.05) is 7.05 Å². The van der Waals surface area contributed by atoms with E-state index in [1.54, 1.807) is 0 Å². The molecule has 0 heterocycles. The summed E-state index contributed by atoms with van der Waals surface area (Å²) in [6.45, 7) is 5.95. The van der Waals surface area contributed by atoms with Crippen LogP contribution in [-0.4, -0.2) is 20.1 Å². The highest BCUT2D eigenvalue weighted by atomic mass is 79.9. The van der Waals surface area contributed by atoms with Crippen molar-refractivity contribution in [2.24, 2.45) is 0 Å². The van der Waals surface area contributed by atoms with E-state index in [-0.39, 0.29) is 0 Å². The predicted octanol–water partition coefficient (Wildman–Crippen LogP) is 3.58. The summed E-state index contributed by atoms with van der Waals surface area (Å²) in [5.74, 6) is 2.74. The van der Waals surface area contributed by atoms with E-state index in [4.69, 9.17) is 6.42 Å². The summed E-state index contributed by atoms with van der Waals surface area (Å²) >= 11 is 3.54. The molecule has 0 radical (unpaired) electrons. The van der Waals surface area contributed by atoms with Gasteiger partial charge < -0.3 is 10.2 Å². The third kappa shape index (κ3) is 3.76. The molecule has 0 aliphatic heterocycles. The summed E-state index contributed by atoms with van der Waals surface area (Å²) < 4.78 is 1.09. The van der Waals surface area contributed by atoms with Gasteiger partial charge in [-0.15, -0.1) is 6.42 Å². The van der Waals surface area contributed by atoms with Gasteiger partial charge in [-0.25, -0.2) is 0 Å². The Hall–Kier alpha value is -0.980. The standard InChI is InChI=1S/C15H21BrN2/c1-5-9-18(10-6-2)15-11-13(16)7-8-14(15)12(3)17-4/h1,7-8,11-12,17H,6,9-10H2,2-4H3. The Morgan fingerprint density at radius 3 is 2.78 bits per heavy atom. The second-order valence-corrected chi connectivity index (χ2v) is 5.25. The summed E-state index contributed by atoms with van der Waals surface area (Å²) in [4.78, 5) is 2.26. The van der Waals surface area contributed by atoms with Gasteiger partial charge >= 0.3 is 0 Å². The van der Waals surface area contributed by atoms with E-state index in [0.29, 0.717) is 12.6 Å². The van der Waals surface area contributed by atoms with Crippen molar-refractivity contribution in [2.75, 3.05) is 25.0 Å². The molecule has 98 valence electrons. The van der Waals surface area contributed by atoms with Gasteiger partial charge in [-0.3, -0.25) is 0 Å². The lowest BCUT2D eigenvalue weighted by atomic mass is 10.0. The lowest BCUT2D eigenvalue weighted by molar-refractivity contribution is 0.648. The molecule has 0 fully saturated rings. The summed E-state index contributed by atoms with van der Waals surface area (Å²) in [6, 6.07) is 6.69. The zero-order chi connectivity index (χ0) is 13.5. The number of hydrogen-bond donors (Lipinski definition) is 1. The molecule has 0 aromatic heterocycles. The van der Waals surface area contributed by atoms with Crippen LogP contribution in [-0.2, 0) is 0 Å². The maximum absolute atomic E-state index is 5.47. The highest BCUT2D eigenvalue weighted by Crippen LogP contribution is 2.29. The Kier molecular flexibility index (Phi) is 6.24. The first-order valence-electron chi connectivity index (χ1n) is 6.29. The number of rotatable bonds is 6. The van der Waals surface area contributed by atoms with Gasteiger partial charge in [0.15, 0.2) is 0 Å². The lowest BCUT2D eigenvalue weighted by Crippen LogP contribution is -2.27. The molecule has 1 N–H and O–H groups in total. The summed E-state index contributed by atoms with van der Waals surface area (Å²) in [5.41, 5.74) is 2.50. The molecule has 1 aromatic rings. The molecule has 3 heteroatoms. The van der Waals surface area contributed by atoms with Crippen molar-refractivity contribution in [1.29, 1.82) is 0 Å². The van der Waals surface area contributed by atoms with Crippen LogP contribution >= 0.6 is 15.9 Å². The SMILES string of the molecule is C#CCN(CCC)c1cc(Br)ccc1C(C)NC. The van der Waals surface area contributed by atoms with E-state index in [2.05, 4.69) is 64.1 Å². The minimum atomic E-state index is 0.310. The zero-order valence-electron chi connectivity index (χ0n) is 11.3. The molecule has 0 bridgehead atoms. The fraction of sp³-hybridized carbons (Fsp3) is 0.467. The van der Waals surface area contributed by atoms with E-state index in [1.165, 1.54) is 11.3 Å². The number of anilines is 1. The molecule has 0 aliphatic rings. The van der Waals surface area contributed by atoms with E-state index >= 15 is 0 Å². The molecule has 0 aliphatic carbocycles. The first-order valence-corrected chi connectivity index (χ1v) is 7.08. The van der Waals surface area contributed by atoms with Crippen LogP contribution in [0.15, 0.2) is 22.7 Å². The molecule has 1 unspecified atom stereocenters. The molecule has 0 amide bonds. The Balaban J connectivity index is 3.17. The van der Waals surface area contributed by atoms with Crippen molar-refractivity contribution in [2.45, 2.75) is 26.3 Å². The van der Waals surface area contributed by atoms with Crippen molar-refractivity contribution in [3.8, 4) is 12.3 Å². The molecule has 0 saturated carbocycles. The predicted molar refractivity (Wildman–Crippen MR) is 83.0 cm³/mol. The van der Waals surface area contributed by atoms with E-state index in [9.17, 15) is 0 Å². The third-order valence-electron chi connectivity index (χ3n) is 3.01. The summed E-state index contributed by atoms with van der Waals surface area (Å²) in [6.07, 6.45) is 6.56. The molecular formula is C15H21BrN2. The van der Waals surface area contributed by atoms with E-state index < -0.39 is 0 Å². The fourth-order valence-corrected chi connectivity index (χ4v) is 2.33. The smallest absolute Gasteiger partial charge is 0.0791 e. The molecule has 18 heavy (non-hydrogen) atoms. The normalized spacial score (nSPS) is 11.9. The molecule has 2 nitrogen and oxygen atoms in total. The molecule has 1 aromatic carbocycles. The van der Waals surface area contributed by atoms with Crippen molar-refractivity contribution in [1.82, 2.24) is 5.32 Å². The average Bonchev–Trinajstić information content (AvgIpc) is 2.37. The first-order chi connectivity index (χ1) is 8.63. The fourth-order valence-electron chi connectivity index (χ4n) is 1.98. The Morgan fingerprint density at radius 2 is 2.22 bits per heavy atom. The average molecular weight is 309 g/mol. The lowest BCUT2D eigenvalue weighted by Gasteiger charge is -2.27. The second kappa shape index (κ2) is 7.45. The molecular weight excluding hydrogens is 288 g/mol. The molecule has 1 rings (SSSR count). The topological polar surface area (TPSA) is 15.3 Å². The third-order valence-corrected chi connectivity index (χ3v) is 3.50. The molecule has 0 spiro atoms. The van der Waals surface area contributed by atoms with Gasteiger partial charge in [-0.1, -0.05) is 34.8 Å². The number of benzene rings is 1. The van der Waals surface area contributed by atoms with Crippen LogP contribution in [0.5, 0.6) is 0 Å². The van der Waals surface area contributed by atoms with Crippen LogP contribution in [0, 0.1) is 12.3 Å². The van der Waals surface area contributed by atoms with Gasteiger partial charge in [0, 0.05) is 22.7 Å². The highest BCUT2D eigenvalue weighted by molar-refractivity contribution is 9.10. The summed E-state index contributed by atoms with van der Waals surface area (Å²) in [7, 11) is 1.97. The number of nitrogens with zero attached hydrogens (tertiary/aromatic N) is 1. The highest BCUT2D eigenvalue weighted by Gasteiger charge is 2.14. The number of hydrogen-bond acceptors (Lipinski definition) is 2. The van der Waals surface area contributed by atoms with Crippen LogP contribution in [0.2, 0.25) is 0 Å². The van der Waals surface area contributed by atoms with Gasteiger partial charge in [0.25, 0.3) is 0 Å². The largest absolute Gasteiger partial charge is 0.360 e. The number of halogens is 1. The van der Waals surface area contributed by atoms with Crippen LogP contribution < -0.4 is 10.2 Å². The monoisotopic (exact) mass is 308 g/mol. The molecule has 1 atom stereocenters. The minimum Gasteiger partial charge on any atom is -0.360 e.